The number of nitrogens with two attached hydrogens (primary N) is 1. The lowest BCUT2D eigenvalue weighted by Crippen LogP contribution is -2.15. The third-order valence-electron chi connectivity index (χ3n) is 5.24. The lowest BCUT2D eigenvalue weighted by molar-refractivity contribution is -0.136. The zero-order chi connectivity index (χ0) is 23.8. The van der Waals surface area contributed by atoms with Gasteiger partial charge in [0.05, 0.1) is 16.8 Å². The van der Waals surface area contributed by atoms with E-state index in [-0.39, 0.29) is 21.7 Å². The van der Waals surface area contributed by atoms with E-state index in [1.165, 1.54) is 37.3 Å². The average molecular weight is 464 g/mol. The lowest BCUT2D eigenvalue weighted by atomic mass is 10.1. The fourth-order valence-electron chi connectivity index (χ4n) is 3.70. The number of carbonyl (C=O) groups excluding carboxylic acids is 1. The fraction of sp³-hybridized carbons (Fsp3) is 0.0833. The zero-order valence-corrected chi connectivity index (χ0v) is 18.4. The van der Waals surface area contributed by atoms with Gasteiger partial charge in [0.25, 0.3) is 10.0 Å². The molecule has 4 aromatic rings. The highest BCUT2D eigenvalue weighted by Crippen LogP contribution is 2.32. The molecule has 1 amide bonds. The lowest BCUT2D eigenvalue weighted by Gasteiger charge is -2.11. The quantitative estimate of drug-likeness (QED) is 0.429. The highest BCUT2D eigenvalue weighted by molar-refractivity contribution is 7.90. The maximum absolute atomic E-state index is 13.5. The van der Waals surface area contributed by atoms with Gasteiger partial charge in [-0.15, -0.1) is 0 Å². The van der Waals surface area contributed by atoms with Crippen molar-refractivity contribution in [3.63, 3.8) is 0 Å². The zero-order valence-electron chi connectivity index (χ0n) is 17.6. The number of nitrogens with zero attached hydrogens (tertiary/aromatic N) is 1. The van der Waals surface area contributed by atoms with E-state index in [4.69, 9.17) is 10.5 Å². The number of hydrogen-bond acceptors (Lipinski definition) is 5. The third-order valence-corrected chi connectivity index (χ3v) is 7.05. The summed E-state index contributed by atoms with van der Waals surface area (Å²) in [6.07, 6.45) is -0.406. The number of hydrogen-bond donors (Lipinski definition) is 2. The number of amides is 1. The Balaban J connectivity index is 1.81. The summed E-state index contributed by atoms with van der Waals surface area (Å²) in [6.45, 7) is 1.53. The summed E-state index contributed by atoms with van der Waals surface area (Å²) in [4.78, 5) is 23.1. The smallest absolute Gasteiger partial charge is 0.307 e. The fourth-order valence-corrected chi connectivity index (χ4v) is 5.28. The Morgan fingerprint density at radius 2 is 1.61 bits per heavy atom. The normalized spacial score (nSPS) is 11.4. The van der Waals surface area contributed by atoms with E-state index in [0.717, 1.165) is 3.97 Å². The number of benzene rings is 3. The summed E-state index contributed by atoms with van der Waals surface area (Å²) in [5.41, 5.74) is 6.32. The molecule has 33 heavy (non-hydrogen) atoms. The first-order chi connectivity index (χ1) is 15.7. The van der Waals surface area contributed by atoms with E-state index in [1.807, 2.05) is 18.2 Å². The molecular formula is C24H20N2O6S. The summed E-state index contributed by atoms with van der Waals surface area (Å²) < 4.78 is 33.9. The van der Waals surface area contributed by atoms with Crippen molar-refractivity contribution in [1.29, 1.82) is 0 Å². The predicted molar refractivity (Wildman–Crippen MR) is 122 cm³/mol. The predicted octanol–water partition coefficient (Wildman–Crippen LogP) is 3.71. The van der Waals surface area contributed by atoms with Gasteiger partial charge in [0.1, 0.15) is 11.5 Å². The molecule has 0 saturated heterocycles. The molecule has 8 nitrogen and oxygen atoms in total. The van der Waals surface area contributed by atoms with E-state index in [2.05, 4.69) is 0 Å². The van der Waals surface area contributed by atoms with Crippen LogP contribution in [0.15, 0.2) is 77.7 Å². The molecule has 0 bridgehead atoms. The number of fused-ring (bicyclic) bond motifs is 1. The molecule has 0 aliphatic heterocycles. The number of primary amides is 1. The molecule has 3 N–H and O–H groups in total. The number of para-hydroxylation sites is 1. The highest BCUT2D eigenvalue weighted by atomic mass is 32.2. The van der Waals surface area contributed by atoms with Crippen LogP contribution in [0.25, 0.3) is 10.9 Å². The van der Waals surface area contributed by atoms with Gasteiger partial charge in [-0.3, -0.25) is 9.59 Å². The Bertz CT molecular complexity index is 1470. The summed E-state index contributed by atoms with van der Waals surface area (Å²) in [7, 11) is -4.08. The first-order valence-electron chi connectivity index (χ1n) is 9.92. The number of carboxylic acids is 1. The molecule has 168 valence electrons. The Morgan fingerprint density at radius 3 is 2.21 bits per heavy atom. The van der Waals surface area contributed by atoms with Gasteiger partial charge in [-0.05, 0) is 67.1 Å². The molecule has 0 spiro atoms. The standard InChI is InChI=1S/C24H20N2O6S/c1-15-20(14-23(27)28)21-13-16(24(25)29)7-12-22(21)26(15)33(30,31)19-10-8-18(9-11-19)32-17-5-3-2-4-6-17/h2-13H,14H2,1H3,(H2,25,29)(H,27,28). The molecule has 0 radical (unpaired) electrons. The summed E-state index contributed by atoms with van der Waals surface area (Å²) >= 11 is 0. The summed E-state index contributed by atoms with van der Waals surface area (Å²) in [5.74, 6) is -0.738. The van der Waals surface area contributed by atoms with Gasteiger partial charge in [0.15, 0.2) is 0 Å². The Hall–Kier alpha value is -4.11. The highest BCUT2D eigenvalue weighted by Gasteiger charge is 2.26. The van der Waals surface area contributed by atoms with Crippen molar-refractivity contribution in [2.75, 3.05) is 0 Å². The molecule has 4 rings (SSSR count). The van der Waals surface area contributed by atoms with Crippen molar-refractivity contribution in [2.24, 2.45) is 5.73 Å². The van der Waals surface area contributed by atoms with Crippen molar-refractivity contribution in [2.45, 2.75) is 18.2 Å². The van der Waals surface area contributed by atoms with Gasteiger partial charge in [0, 0.05) is 16.6 Å². The van der Waals surface area contributed by atoms with Crippen molar-refractivity contribution >= 4 is 32.8 Å². The molecule has 1 heterocycles. The second-order valence-corrected chi connectivity index (χ2v) is 9.17. The van der Waals surface area contributed by atoms with E-state index < -0.39 is 28.3 Å². The molecule has 0 fully saturated rings. The number of carbonyl (C=O) groups is 2. The Morgan fingerprint density at radius 1 is 0.970 bits per heavy atom. The van der Waals surface area contributed by atoms with Crippen LogP contribution in [0.3, 0.4) is 0 Å². The third kappa shape index (κ3) is 4.18. The minimum Gasteiger partial charge on any atom is -0.481 e. The van der Waals surface area contributed by atoms with Crippen LogP contribution in [0.4, 0.5) is 0 Å². The van der Waals surface area contributed by atoms with Crippen molar-refractivity contribution in [1.82, 2.24) is 3.97 Å². The molecule has 9 heteroatoms. The number of aliphatic carboxylic acids is 1. The topological polar surface area (TPSA) is 129 Å². The molecule has 0 saturated carbocycles. The molecular weight excluding hydrogens is 444 g/mol. The second-order valence-electron chi connectivity index (χ2n) is 7.39. The van der Waals surface area contributed by atoms with Crippen molar-refractivity contribution in [3.8, 4) is 11.5 Å². The number of aromatic nitrogens is 1. The Labute approximate surface area is 189 Å². The van der Waals surface area contributed by atoms with E-state index in [1.54, 1.807) is 24.3 Å². The van der Waals surface area contributed by atoms with Gasteiger partial charge in [-0.2, -0.15) is 0 Å². The van der Waals surface area contributed by atoms with Crippen LogP contribution in [0.5, 0.6) is 11.5 Å². The maximum atomic E-state index is 13.5. The minimum atomic E-state index is -4.08. The van der Waals surface area contributed by atoms with Crippen molar-refractivity contribution in [3.05, 3.63) is 89.6 Å². The van der Waals surface area contributed by atoms with Crippen LogP contribution in [-0.4, -0.2) is 29.4 Å². The number of rotatable bonds is 7. The molecule has 0 unspecified atom stereocenters. The maximum Gasteiger partial charge on any atom is 0.307 e. The van der Waals surface area contributed by atoms with E-state index >= 15 is 0 Å². The second kappa shape index (κ2) is 8.44. The molecule has 0 aliphatic carbocycles. The van der Waals surface area contributed by atoms with Crippen LogP contribution in [-0.2, 0) is 21.2 Å². The van der Waals surface area contributed by atoms with Crippen LogP contribution in [0.2, 0.25) is 0 Å². The molecule has 1 aromatic heterocycles. The van der Waals surface area contributed by atoms with Crippen LogP contribution in [0.1, 0.15) is 21.6 Å². The van der Waals surface area contributed by atoms with Gasteiger partial charge < -0.3 is 15.6 Å². The van der Waals surface area contributed by atoms with Crippen LogP contribution >= 0.6 is 0 Å². The van der Waals surface area contributed by atoms with Gasteiger partial charge in [-0.1, -0.05) is 18.2 Å². The molecule has 0 aliphatic rings. The van der Waals surface area contributed by atoms with Crippen LogP contribution in [0, 0.1) is 6.92 Å². The van der Waals surface area contributed by atoms with Crippen molar-refractivity contribution < 1.29 is 27.9 Å². The monoisotopic (exact) mass is 464 g/mol. The van der Waals surface area contributed by atoms with E-state index in [0.29, 0.717) is 22.4 Å². The SMILES string of the molecule is Cc1c(CC(=O)O)c2cc(C(N)=O)ccc2n1S(=O)(=O)c1ccc(Oc2ccccc2)cc1. The van der Waals surface area contributed by atoms with Crippen LogP contribution < -0.4 is 10.5 Å². The van der Waals surface area contributed by atoms with Gasteiger partial charge >= 0.3 is 5.97 Å². The molecule has 3 aromatic carbocycles. The van der Waals surface area contributed by atoms with Gasteiger partial charge in [0.2, 0.25) is 5.91 Å². The molecule has 0 atom stereocenters. The Kier molecular flexibility index (Phi) is 5.65. The van der Waals surface area contributed by atoms with E-state index in [9.17, 15) is 23.1 Å². The largest absolute Gasteiger partial charge is 0.481 e. The summed E-state index contributed by atoms with van der Waals surface area (Å²) in [5, 5.41) is 9.69. The minimum absolute atomic E-state index is 0.00349. The van der Waals surface area contributed by atoms with Gasteiger partial charge in [-0.25, -0.2) is 12.4 Å². The first-order valence-corrected chi connectivity index (χ1v) is 11.4. The first kappa shape index (κ1) is 22.1. The number of carboxylic acid groups (broad SMARTS) is 1. The summed E-state index contributed by atoms with van der Waals surface area (Å²) in [6, 6.07) is 19.3. The number of ether oxygens (including phenoxy) is 1. The average Bonchev–Trinajstić information content (AvgIpc) is 3.05.